The monoisotopic (exact) mass is 314 g/mol. The smallest absolute Gasteiger partial charge is 0.404 e. The fourth-order valence-electron chi connectivity index (χ4n) is 2.02. The number of hydrogen-bond donors (Lipinski definition) is 0. The number of imidazole rings is 1. The highest BCUT2D eigenvalue weighted by Crippen LogP contribution is 2.30. The number of para-hydroxylation sites is 4. The Labute approximate surface area is 124 Å². The molecule has 0 aliphatic heterocycles. The van der Waals surface area contributed by atoms with E-state index in [9.17, 15) is 13.2 Å². The first-order valence-corrected chi connectivity index (χ1v) is 5.82. The number of ether oxygens (including phenoxy) is 1. The largest absolute Gasteiger partial charge is 0.573 e. The van der Waals surface area contributed by atoms with E-state index in [2.05, 4.69) is 9.72 Å². The summed E-state index contributed by atoms with van der Waals surface area (Å²) in [6.07, 6.45) is -3.25. The Morgan fingerprint density at radius 2 is 1.62 bits per heavy atom. The zero-order valence-corrected chi connectivity index (χ0v) is 11.4. The molecule has 0 aliphatic carbocycles. The van der Waals surface area contributed by atoms with Crippen molar-refractivity contribution in [3.05, 3.63) is 54.9 Å². The zero-order chi connectivity index (χ0) is 14.2. The fraction of sp³-hybridized carbons (Fsp3) is 0.0714. The van der Waals surface area contributed by atoms with Crippen molar-refractivity contribution in [1.82, 2.24) is 9.55 Å². The van der Waals surface area contributed by atoms with Crippen molar-refractivity contribution in [1.29, 1.82) is 0 Å². The highest BCUT2D eigenvalue weighted by molar-refractivity contribution is 5.85. The minimum absolute atomic E-state index is 0. The van der Waals surface area contributed by atoms with Gasteiger partial charge in [-0.3, -0.25) is 4.57 Å². The lowest BCUT2D eigenvalue weighted by molar-refractivity contribution is -0.274. The summed E-state index contributed by atoms with van der Waals surface area (Å²) < 4.78 is 42.9. The van der Waals surface area contributed by atoms with Gasteiger partial charge >= 0.3 is 6.36 Å². The molecule has 0 saturated carbocycles. The van der Waals surface area contributed by atoms with Gasteiger partial charge in [0.2, 0.25) is 0 Å². The molecule has 1 aromatic heterocycles. The maximum absolute atomic E-state index is 12.4. The van der Waals surface area contributed by atoms with Gasteiger partial charge in [-0.2, -0.15) is 0 Å². The van der Waals surface area contributed by atoms with Crippen LogP contribution in [-0.2, 0) is 0 Å². The van der Waals surface area contributed by atoms with E-state index in [0.29, 0.717) is 16.7 Å². The third-order valence-corrected chi connectivity index (χ3v) is 2.80. The zero-order valence-electron chi connectivity index (χ0n) is 10.5. The molecule has 2 aromatic carbocycles. The standard InChI is InChI=1S/C14H9F3N2O.ClH/c15-14(16,17)20-13-8-4-3-7-12(13)19-9-18-10-5-1-2-6-11(10)19;/h1-9H;1H. The van der Waals surface area contributed by atoms with Gasteiger partial charge in [-0.05, 0) is 24.3 Å². The lowest BCUT2D eigenvalue weighted by Gasteiger charge is -2.13. The van der Waals surface area contributed by atoms with Gasteiger partial charge in [0.25, 0.3) is 0 Å². The quantitative estimate of drug-likeness (QED) is 0.703. The van der Waals surface area contributed by atoms with Gasteiger partial charge in [0.05, 0.1) is 16.7 Å². The maximum Gasteiger partial charge on any atom is 0.573 e. The van der Waals surface area contributed by atoms with Crippen molar-refractivity contribution in [2.24, 2.45) is 0 Å². The molecule has 0 unspecified atom stereocenters. The predicted octanol–water partition coefficient (Wildman–Crippen LogP) is 4.35. The van der Waals surface area contributed by atoms with Crippen LogP contribution in [0, 0.1) is 0 Å². The molecule has 3 nitrogen and oxygen atoms in total. The molecule has 0 bridgehead atoms. The summed E-state index contributed by atoms with van der Waals surface area (Å²) in [6, 6.07) is 13.2. The summed E-state index contributed by atoms with van der Waals surface area (Å²) in [7, 11) is 0. The number of fused-ring (bicyclic) bond motifs is 1. The Morgan fingerprint density at radius 1 is 0.952 bits per heavy atom. The second kappa shape index (κ2) is 5.65. The predicted molar refractivity (Wildman–Crippen MR) is 75.0 cm³/mol. The van der Waals surface area contributed by atoms with Crippen LogP contribution >= 0.6 is 12.4 Å². The summed E-state index contributed by atoms with van der Waals surface area (Å²) >= 11 is 0. The minimum atomic E-state index is -4.73. The molecule has 7 heteroatoms. The highest BCUT2D eigenvalue weighted by Gasteiger charge is 2.32. The number of aromatic nitrogens is 2. The summed E-state index contributed by atoms with van der Waals surface area (Å²) in [4.78, 5) is 4.16. The Balaban J connectivity index is 0.00000161. The molecule has 21 heavy (non-hydrogen) atoms. The van der Waals surface area contributed by atoms with Crippen molar-refractivity contribution in [2.75, 3.05) is 0 Å². The number of halogens is 4. The van der Waals surface area contributed by atoms with Gasteiger partial charge in [0.15, 0.2) is 5.75 Å². The molecule has 110 valence electrons. The second-order valence-electron chi connectivity index (χ2n) is 4.12. The fourth-order valence-corrected chi connectivity index (χ4v) is 2.02. The van der Waals surface area contributed by atoms with E-state index in [1.165, 1.54) is 18.5 Å². The maximum atomic E-state index is 12.4. The Bertz CT molecular complexity index is 755. The highest BCUT2D eigenvalue weighted by atomic mass is 35.5. The SMILES string of the molecule is Cl.FC(F)(F)Oc1ccccc1-n1cnc2ccccc21. The average Bonchev–Trinajstić information content (AvgIpc) is 2.81. The van der Waals surface area contributed by atoms with Crippen molar-refractivity contribution in [3.8, 4) is 11.4 Å². The van der Waals surface area contributed by atoms with Gasteiger partial charge in [0, 0.05) is 0 Å². The molecular weight excluding hydrogens is 305 g/mol. The van der Waals surface area contributed by atoms with Crippen LogP contribution in [0.4, 0.5) is 13.2 Å². The molecular formula is C14H10ClF3N2O. The van der Waals surface area contributed by atoms with Crippen molar-refractivity contribution < 1.29 is 17.9 Å². The van der Waals surface area contributed by atoms with Crippen LogP contribution in [0.1, 0.15) is 0 Å². The van der Waals surface area contributed by atoms with Gasteiger partial charge < -0.3 is 4.74 Å². The Morgan fingerprint density at radius 3 is 2.38 bits per heavy atom. The molecule has 0 fully saturated rings. The Hall–Kier alpha value is -2.21. The topological polar surface area (TPSA) is 27.1 Å². The number of rotatable bonds is 2. The summed E-state index contributed by atoms with van der Waals surface area (Å²) in [6.45, 7) is 0. The second-order valence-corrected chi connectivity index (χ2v) is 4.12. The molecule has 3 rings (SSSR count). The molecule has 0 aliphatic rings. The molecule has 3 aromatic rings. The van der Waals surface area contributed by atoms with Crippen molar-refractivity contribution in [2.45, 2.75) is 6.36 Å². The first kappa shape index (κ1) is 15.2. The molecule has 0 N–H and O–H groups in total. The molecule has 0 saturated heterocycles. The van der Waals surface area contributed by atoms with Gasteiger partial charge in [0.1, 0.15) is 6.33 Å². The van der Waals surface area contributed by atoms with E-state index in [0.717, 1.165) is 0 Å². The lowest BCUT2D eigenvalue weighted by atomic mass is 10.2. The number of nitrogens with zero attached hydrogens (tertiary/aromatic N) is 2. The number of alkyl halides is 3. The molecule has 0 atom stereocenters. The molecule has 1 heterocycles. The molecule has 0 radical (unpaired) electrons. The number of benzene rings is 2. The summed E-state index contributed by atoms with van der Waals surface area (Å²) in [5.41, 5.74) is 1.71. The third kappa shape index (κ3) is 3.11. The van der Waals surface area contributed by atoms with Crippen LogP contribution in [0.25, 0.3) is 16.7 Å². The summed E-state index contributed by atoms with van der Waals surface area (Å²) in [5.74, 6) is -0.261. The van der Waals surface area contributed by atoms with Gasteiger partial charge in [-0.15, -0.1) is 25.6 Å². The van der Waals surface area contributed by atoms with Crippen molar-refractivity contribution in [3.63, 3.8) is 0 Å². The van der Waals surface area contributed by atoms with Crippen LogP contribution in [0.3, 0.4) is 0 Å². The Kier molecular flexibility index (Phi) is 4.09. The first-order chi connectivity index (χ1) is 9.54. The van der Waals surface area contributed by atoms with E-state index in [4.69, 9.17) is 0 Å². The van der Waals surface area contributed by atoms with Gasteiger partial charge in [-0.25, -0.2) is 4.98 Å². The molecule has 0 amide bonds. The normalized spacial score (nSPS) is 11.2. The van der Waals surface area contributed by atoms with E-state index < -0.39 is 6.36 Å². The van der Waals surface area contributed by atoms with Crippen LogP contribution in [0.15, 0.2) is 54.9 Å². The van der Waals surface area contributed by atoms with Crippen LogP contribution in [-0.4, -0.2) is 15.9 Å². The first-order valence-electron chi connectivity index (χ1n) is 5.82. The minimum Gasteiger partial charge on any atom is -0.404 e. The van der Waals surface area contributed by atoms with Crippen LogP contribution < -0.4 is 4.74 Å². The molecule has 0 spiro atoms. The van der Waals surface area contributed by atoms with Crippen molar-refractivity contribution >= 4 is 23.4 Å². The number of hydrogen-bond acceptors (Lipinski definition) is 2. The lowest BCUT2D eigenvalue weighted by Crippen LogP contribution is -2.18. The van der Waals surface area contributed by atoms with E-state index in [1.807, 2.05) is 6.07 Å². The van der Waals surface area contributed by atoms with E-state index in [-0.39, 0.29) is 18.2 Å². The van der Waals surface area contributed by atoms with Gasteiger partial charge in [-0.1, -0.05) is 24.3 Å². The van der Waals surface area contributed by atoms with E-state index in [1.54, 1.807) is 34.9 Å². The van der Waals surface area contributed by atoms with Crippen LogP contribution in [0.2, 0.25) is 0 Å². The van der Waals surface area contributed by atoms with E-state index >= 15 is 0 Å². The average molecular weight is 315 g/mol. The van der Waals surface area contributed by atoms with Crippen LogP contribution in [0.5, 0.6) is 5.75 Å². The third-order valence-electron chi connectivity index (χ3n) is 2.80. The summed E-state index contributed by atoms with van der Waals surface area (Å²) in [5, 5.41) is 0.